The smallest absolute Gasteiger partial charge is 0.399 e. The molecular formula is C24H26BN3O6. The van der Waals surface area contributed by atoms with E-state index in [9.17, 15) is 19.2 Å². The van der Waals surface area contributed by atoms with Crippen molar-refractivity contribution in [3.05, 3.63) is 57.6 Å². The Hall–Kier alpha value is -3.50. The summed E-state index contributed by atoms with van der Waals surface area (Å²) in [6.45, 7) is 11.6. The number of hydrogen-bond donors (Lipinski definition) is 3. The summed E-state index contributed by atoms with van der Waals surface area (Å²) in [5, 5.41) is 4.50. The fraction of sp³-hybridized carbons (Fsp3) is 0.333. The van der Waals surface area contributed by atoms with Crippen LogP contribution in [0.25, 0.3) is 0 Å². The average Bonchev–Trinajstić information content (AvgIpc) is 3.24. The molecule has 3 aliphatic heterocycles. The van der Waals surface area contributed by atoms with E-state index in [4.69, 9.17) is 15.0 Å². The molecule has 2 aromatic rings. The number of amides is 4. The van der Waals surface area contributed by atoms with E-state index in [2.05, 4.69) is 10.6 Å². The lowest BCUT2D eigenvalue weighted by atomic mass is 9.75. The number of fused-ring (bicyclic) bond motifs is 2. The van der Waals surface area contributed by atoms with Gasteiger partial charge in [0.05, 0.1) is 33.5 Å². The molecule has 1 saturated heterocycles. The monoisotopic (exact) mass is 463 g/mol. The molecule has 4 amide bonds. The number of aryl methyl sites for hydroxylation is 2. The number of imide groups is 2. The van der Waals surface area contributed by atoms with E-state index < -0.39 is 18.3 Å². The van der Waals surface area contributed by atoms with E-state index >= 15 is 0 Å². The van der Waals surface area contributed by atoms with Crippen LogP contribution in [0.15, 0.2) is 24.3 Å². The largest absolute Gasteiger partial charge is 0.495 e. The molecule has 4 N–H and O–H groups in total. The first kappa shape index (κ1) is 23.7. The van der Waals surface area contributed by atoms with Gasteiger partial charge in [-0.2, -0.15) is 0 Å². The molecule has 0 unspecified atom stereocenters. The van der Waals surface area contributed by atoms with Gasteiger partial charge in [-0.15, -0.1) is 0 Å². The van der Waals surface area contributed by atoms with Gasteiger partial charge in [-0.25, -0.2) is 0 Å². The Morgan fingerprint density at radius 3 is 1.53 bits per heavy atom. The lowest BCUT2D eigenvalue weighted by Crippen LogP contribution is -2.41. The van der Waals surface area contributed by atoms with E-state index in [1.807, 2.05) is 34.6 Å². The maximum atomic E-state index is 11.8. The topological polar surface area (TPSA) is 137 Å². The van der Waals surface area contributed by atoms with Crippen LogP contribution in [0.4, 0.5) is 5.69 Å². The number of nitrogen functional groups attached to an aromatic ring is 1. The Kier molecular flexibility index (Phi) is 5.41. The van der Waals surface area contributed by atoms with E-state index in [1.54, 1.807) is 25.1 Å². The van der Waals surface area contributed by atoms with Gasteiger partial charge in [-0.1, -0.05) is 5.56 Å². The minimum atomic E-state index is -0.538. The van der Waals surface area contributed by atoms with Gasteiger partial charge in [0.1, 0.15) is 0 Å². The van der Waals surface area contributed by atoms with E-state index in [0.717, 1.165) is 16.6 Å². The van der Waals surface area contributed by atoms with E-state index in [-0.39, 0.29) is 23.6 Å². The third-order valence-electron chi connectivity index (χ3n) is 6.75. The second-order valence-corrected chi connectivity index (χ2v) is 9.66. The fourth-order valence-electron chi connectivity index (χ4n) is 3.90. The van der Waals surface area contributed by atoms with Crippen molar-refractivity contribution in [2.75, 3.05) is 5.73 Å². The second-order valence-electron chi connectivity index (χ2n) is 9.66. The second kappa shape index (κ2) is 7.78. The Morgan fingerprint density at radius 2 is 1.06 bits per heavy atom. The van der Waals surface area contributed by atoms with Crippen molar-refractivity contribution in [1.82, 2.24) is 10.6 Å². The Bertz CT molecular complexity index is 1230. The van der Waals surface area contributed by atoms with Crippen molar-refractivity contribution >= 4 is 41.9 Å². The number of rotatable bonds is 1. The molecule has 3 heterocycles. The molecule has 0 saturated carbocycles. The van der Waals surface area contributed by atoms with Crippen molar-refractivity contribution in [3.63, 3.8) is 0 Å². The minimum absolute atomic E-state index is 0.344. The molecule has 1 fully saturated rings. The predicted octanol–water partition coefficient (Wildman–Crippen LogP) is 1.64. The average molecular weight is 463 g/mol. The zero-order valence-electron chi connectivity index (χ0n) is 19.9. The Labute approximate surface area is 197 Å². The molecule has 2 aromatic carbocycles. The molecule has 0 spiro atoms. The van der Waals surface area contributed by atoms with Gasteiger partial charge in [0.2, 0.25) is 0 Å². The lowest BCUT2D eigenvalue weighted by molar-refractivity contribution is 0.00578. The highest BCUT2D eigenvalue weighted by atomic mass is 16.7. The molecular weight excluding hydrogens is 437 g/mol. The van der Waals surface area contributed by atoms with Crippen LogP contribution in [0.1, 0.15) is 80.3 Å². The number of hydrogen-bond acceptors (Lipinski definition) is 7. The molecule has 0 radical (unpaired) electrons. The number of carbonyl (C=O) groups is 4. The molecule has 3 aliphatic rings. The first-order chi connectivity index (χ1) is 15.7. The molecule has 0 bridgehead atoms. The summed E-state index contributed by atoms with van der Waals surface area (Å²) < 4.78 is 12.0. The van der Waals surface area contributed by atoms with Crippen LogP contribution in [-0.2, 0) is 9.31 Å². The van der Waals surface area contributed by atoms with Crippen molar-refractivity contribution < 1.29 is 28.5 Å². The third kappa shape index (κ3) is 3.78. The highest BCUT2D eigenvalue weighted by molar-refractivity contribution is 6.63. The standard InChI is InChI=1S/C15H18BNO4.C9H8N2O2/c1-8-6-9-10(13(19)17-12(9)18)7-11(8)16-20-14(2,3)15(4,5)21-16;1-4-2-5-6(3-7(4)10)9(13)11-8(5)12/h6-7H,1-5H3,(H,17,18,19);2-3H,10H2,1H3,(H,11,12,13). The minimum Gasteiger partial charge on any atom is -0.399 e. The zero-order chi connectivity index (χ0) is 25.2. The predicted molar refractivity (Wildman–Crippen MR) is 126 cm³/mol. The normalized spacial score (nSPS) is 19.3. The van der Waals surface area contributed by atoms with E-state index in [0.29, 0.717) is 27.9 Å². The summed E-state index contributed by atoms with van der Waals surface area (Å²) in [5.41, 5.74) is 9.31. The highest BCUT2D eigenvalue weighted by Gasteiger charge is 2.52. The van der Waals surface area contributed by atoms with Crippen LogP contribution in [0, 0.1) is 13.8 Å². The summed E-state index contributed by atoms with van der Waals surface area (Å²) in [6, 6.07) is 6.58. The van der Waals surface area contributed by atoms with Crippen molar-refractivity contribution in [1.29, 1.82) is 0 Å². The van der Waals surface area contributed by atoms with Crippen LogP contribution in [0.3, 0.4) is 0 Å². The Balaban J connectivity index is 0.000000180. The summed E-state index contributed by atoms with van der Waals surface area (Å²) in [5.74, 6) is -1.43. The maximum absolute atomic E-state index is 11.8. The number of carbonyl (C=O) groups excluding carboxylic acids is 4. The summed E-state index contributed by atoms with van der Waals surface area (Å²) in [7, 11) is -0.538. The van der Waals surface area contributed by atoms with Gasteiger partial charge < -0.3 is 15.0 Å². The van der Waals surface area contributed by atoms with E-state index in [1.165, 1.54) is 6.07 Å². The molecule has 5 rings (SSSR count). The van der Waals surface area contributed by atoms with Crippen LogP contribution in [0.2, 0.25) is 0 Å². The van der Waals surface area contributed by atoms with Crippen molar-refractivity contribution in [2.45, 2.75) is 52.7 Å². The molecule has 34 heavy (non-hydrogen) atoms. The van der Waals surface area contributed by atoms with Gasteiger partial charge in [-0.3, -0.25) is 29.8 Å². The molecule has 10 heteroatoms. The van der Waals surface area contributed by atoms with Gasteiger partial charge in [0.15, 0.2) is 0 Å². The summed E-state index contributed by atoms with van der Waals surface area (Å²) in [6.07, 6.45) is 0. The fourth-order valence-corrected chi connectivity index (χ4v) is 3.90. The first-order valence-corrected chi connectivity index (χ1v) is 10.8. The lowest BCUT2D eigenvalue weighted by Gasteiger charge is -2.32. The molecule has 176 valence electrons. The zero-order valence-corrected chi connectivity index (χ0v) is 19.9. The quantitative estimate of drug-likeness (QED) is 0.332. The Morgan fingerprint density at radius 1 is 0.676 bits per heavy atom. The third-order valence-corrected chi connectivity index (χ3v) is 6.75. The maximum Gasteiger partial charge on any atom is 0.495 e. The molecule has 0 aliphatic carbocycles. The van der Waals surface area contributed by atoms with Crippen LogP contribution >= 0.6 is 0 Å². The van der Waals surface area contributed by atoms with Gasteiger partial charge in [0.25, 0.3) is 23.6 Å². The summed E-state index contributed by atoms with van der Waals surface area (Å²) in [4.78, 5) is 45.8. The first-order valence-electron chi connectivity index (χ1n) is 10.8. The van der Waals surface area contributed by atoms with Crippen LogP contribution in [0.5, 0.6) is 0 Å². The van der Waals surface area contributed by atoms with Crippen molar-refractivity contribution in [3.8, 4) is 0 Å². The van der Waals surface area contributed by atoms with Crippen molar-refractivity contribution in [2.24, 2.45) is 0 Å². The molecule has 0 aromatic heterocycles. The summed E-state index contributed by atoms with van der Waals surface area (Å²) >= 11 is 0. The molecule has 9 nitrogen and oxygen atoms in total. The van der Waals surface area contributed by atoms with Crippen LogP contribution < -0.4 is 21.8 Å². The van der Waals surface area contributed by atoms with Gasteiger partial charge in [0, 0.05) is 5.69 Å². The SMILES string of the molecule is Cc1cc2c(cc1B1OC(C)(C)C(C)(C)O1)C(=O)NC2=O.Cc1cc2c(cc1N)C(=O)NC2=O. The number of benzene rings is 2. The number of anilines is 1. The number of nitrogens with two attached hydrogens (primary N) is 1. The number of nitrogens with one attached hydrogen (secondary N) is 2. The van der Waals surface area contributed by atoms with Gasteiger partial charge in [-0.05, 0) is 76.8 Å². The van der Waals surface area contributed by atoms with Gasteiger partial charge >= 0.3 is 7.12 Å². The molecule has 0 atom stereocenters. The van der Waals surface area contributed by atoms with Crippen LogP contribution in [-0.4, -0.2) is 41.9 Å². The highest BCUT2D eigenvalue weighted by Crippen LogP contribution is 2.37.